The van der Waals surface area contributed by atoms with Crippen molar-refractivity contribution in [1.29, 1.82) is 0 Å². The van der Waals surface area contributed by atoms with Crippen LogP contribution in [-0.4, -0.2) is 10.8 Å². The highest BCUT2D eigenvalue weighted by atomic mass is 32.2. The number of fused-ring (bicyclic) bond motifs is 1. The van der Waals surface area contributed by atoms with Crippen molar-refractivity contribution in [2.75, 3.05) is 11.6 Å². The Balaban J connectivity index is 1.82. The Labute approximate surface area is 212 Å². The van der Waals surface area contributed by atoms with Gasteiger partial charge in [0.2, 0.25) is 0 Å². The van der Waals surface area contributed by atoms with Gasteiger partial charge in [-0.15, -0.1) is 0 Å². The molecule has 0 unspecified atom stereocenters. The summed E-state index contributed by atoms with van der Waals surface area (Å²) < 4.78 is 25.7. The van der Waals surface area contributed by atoms with E-state index in [1.807, 2.05) is 37.4 Å². The first-order chi connectivity index (χ1) is 17.3. The van der Waals surface area contributed by atoms with E-state index in [-0.39, 0.29) is 39.5 Å². The Morgan fingerprint density at radius 2 is 1.89 bits per heavy atom. The van der Waals surface area contributed by atoms with Crippen molar-refractivity contribution in [3.8, 4) is 11.1 Å². The summed E-state index contributed by atoms with van der Waals surface area (Å²) in [5, 5.41) is 3.31. The third-order valence-corrected chi connectivity index (χ3v) is 7.10. The molecule has 1 aliphatic rings. The number of aromatic nitrogens is 1. The van der Waals surface area contributed by atoms with E-state index in [2.05, 4.69) is 10.0 Å². The van der Waals surface area contributed by atoms with E-state index in [0.717, 1.165) is 35.2 Å². The van der Waals surface area contributed by atoms with Crippen LogP contribution in [0.25, 0.3) is 22.1 Å². The molecule has 4 aromatic rings. The molecule has 2 aromatic heterocycles. The molecule has 186 valence electrons. The maximum absolute atomic E-state index is 14.8. The molecule has 2 N–H and O–H groups in total. The summed E-state index contributed by atoms with van der Waals surface area (Å²) in [4.78, 5) is 26.9. The number of nitrogens with zero attached hydrogens (tertiary/aromatic N) is 1. The lowest BCUT2D eigenvalue weighted by Gasteiger charge is -2.19. The molecular weight excluding hydrogens is 477 g/mol. The fourth-order valence-corrected chi connectivity index (χ4v) is 4.99. The number of halogens is 1. The number of aryl methyl sites for hydroxylation is 1. The van der Waals surface area contributed by atoms with Crippen molar-refractivity contribution in [3.05, 3.63) is 91.4 Å². The third-order valence-electron chi connectivity index (χ3n) is 6.67. The zero-order valence-corrected chi connectivity index (χ0v) is 21.5. The summed E-state index contributed by atoms with van der Waals surface area (Å²) in [7, 11) is 0. The molecule has 1 aliphatic carbocycles. The number of pyridine rings is 1. The maximum atomic E-state index is 14.8. The van der Waals surface area contributed by atoms with Gasteiger partial charge in [0.05, 0.1) is 16.9 Å². The van der Waals surface area contributed by atoms with Crippen molar-refractivity contribution in [3.63, 3.8) is 0 Å². The minimum Gasteiger partial charge on any atom is -0.421 e. The lowest BCUT2D eigenvalue weighted by Crippen LogP contribution is -2.25. The zero-order valence-electron chi connectivity index (χ0n) is 20.7. The van der Waals surface area contributed by atoms with Crippen molar-refractivity contribution in [2.45, 2.75) is 46.2 Å². The lowest BCUT2D eigenvalue weighted by atomic mass is 9.98. The standard InChI is InChI=1S/C28H28FN3O3S/c1-15-8-11-22(21(29)12-15)31-25-16(2)28(34)35-26-23(19-7-5-6-18(13-19)14-30-36-4)17(3)32(20-9-10-20)27(33)24(25)26/h5-8,11-13,20,30-31H,9-10,14H2,1-4H3. The van der Waals surface area contributed by atoms with Crippen LogP contribution in [0.4, 0.5) is 15.8 Å². The van der Waals surface area contributed by atoms with E-state index >= 15 is 0 Å². The average molecular weight is 506 g/mol. The first-order valence-electron chi connectivity index (χ1n) is 11.9. The van der Waals surface area contributed by atoms with Gasteiger partial charge in [0.15, 0.2) is 5.58 Å². The molecule has 0 bridgehead atoms. The van der Waals surface area contributed by atoms with Gasteiger partial charge in [0, 0.05) is 23.8 Å². The van der Waals surface area contributed by atoms with E-state index < -0.39 is 11.4 Å². The summed E-state index contributed by atoms with van der Waals surface area (Å²) in [6.07, 6.45) is 3.79. The SMILES string of the molecule is CSNCc1cccc(-c2c(C)n(C3CC3)c(=O)c3c(Nc4ccc(C)cc4F)c(C)c(=O)oc23)c1. The Morgan fingerprint density at radius 3 is 2.58 bits per heavy atom. The molecule has 1 saturated carbocycles. The normalized spacial score (nSPS) is 13.4. The Kier molecular flexibility index (Phi) is 6.49. The van der Waals surface area contributed by atoms with Gasteiger partial charge in [-0.2, -0.15) is 0 Å². The van der Waals surface area contributed by atoms with Crippen LogP contribution in [0.5, 0.6) is 0 Å². The van der Waals surface area contributed by atoms with E-state index in [1.165, 1.54) is 18.0 Å². The van der Waals surface area contributed by atoms with E-state index in [9.17, 15) is 14.0 Å². The van der Waals surface area contributed by atoms with Gasteiger partial charge in [-0.3, -0.25) is 9.52 Å². The molecule has 2 heterocycles. The molecule has 2 aromatic carbocycles. The molecule has 0 spiro atoms. The molecule has 1 fully saturated rings. The molecule has 0 saturated heterocycles. The molecule has 5 rings (SSSR count). The van der Waals surface area contributed by atoms with Gasteiger partial charge in [-0.1, -0.05) is 36.2 Å². The quantitative estimate of drug-likeness (QED) is 0.294. The van der Waals surface area contributed by atoms with Gasteiger partial charge in [-0.25, -0.2) is 9.18 Å². The summed E-state index contributed by atoms with van der Waals surface area (Å²) in [5.74, 6) is -0.459. The lowest BCUT2D eigenvalue weighted by molar-refractivity contribution is 0.553. The number of hydrogen-bond donors (Lipinski definition) is 2. The smallest absolute Gasteiger partial charge is 0.341 e. The average Bonchev–Trinajstić information content (AvgIpc) is 3.67. The topological polar surface area (TPSA) is 76.3 Å². The van der Waals surface area contributed by atoms with Crippen molar-refractivity contribution in [1.82, 2.24) is 9.29 Å². The Morgan fingerprint density at radius 1 is 1.11 bits per heavy atom. The molecule has 0 amide bonds. The molecule has 8 heteroatoms. The second-order valence-corrected chi connectivity index (χ2v) is 9.99. The maximum Gasteiger partial charge on any atom is 0.341 e. The predicted octanol–water partition coefficient (Wildman–Crippen LogP) is 6.13. The first-order valence-corrected chi connectivity index (χ1v) is 13.1. The molecule has 0 atom stereocenters. The Bertz CT molecular complexity index is 1600. The molecule has 6 nitrogen and oxygen atoms in total. The van der Waals surface area contributed by atoms with Crippen molar-refractivity contribution < 1.29 is 8.81 Å². The number of rotatable bonds is 7. The van der Waals surface area contributed by atoms with E-state index in [4.69, 9.17) is 4.42 Å². The van der Waals surface area contributed by atoms with E-state index in [0.29, 0.717) is 12.1 Å². The van der Waals surface area contributed by atoms with Gasteiger partial charge >= 0.3 is 5.63 Å². The first kappa shape index (κ1) is 24.3. The molecular formula is C28H28FN3O3S. The number of benzene rings is 2. The van der Waals surface area contributed by atoms with Crippen LogP contribution in [0.1, 0.15) is 41.3 Å². The largest absolute Gasteiger partial charge is 0.421 e. The van der Waals surface area contributed by atoms with Gasteiger partial charge in [0.1, 0.15) is 11.2 Å². The van der Waals surface area contributed by atoms with Crippen LogP contribution in [0.15, 0.2) is 56.5 Å². The van der Waals surface area contributed by atoms with Crippen LogP contribution < -0.4 is 21.2 Å². The Hall–Kier alpha value is -3.36. The molecule has 0 aliphatic heterocycles. The molecule has 0 radical (unpaired) electrons. The van der Waals surface area contributed by atoms with Crippen LogP contribution in [0, 0.1) is 26.6 Å². The summed E-state index contributed by atoms with van der Waals surface area (Å²) >= 11 is 1.53. The second-order valence-electron chi connectivity index (χ2n) is 9.29. The fraction of sp³-hybridized carbons (Fsp3) is 0.286. The summed E-state index contributed by atoms with van der Waals surface area (Å²) in [6, 6.07) is 12.9. The summed E-state index contributed by atoms with van der Waals surface area (Å²) in [6.45, 7) is 5.95. The highest BCUT2D eigenvalue weighted by Crippen LogP contribution is 2.40. The monoisotopic (exact) mass is 505 g/mol. The highest BCUT2D eigenvalue weighted by Gasteiger charge is 2.31. The van der Waals surface area contributed by atoms with Gasteiger partial charge in [0.25, 0.3) is 5.56 Å². The predicted molar refractivity (Wildman–Crippen MR) is 145 cm³/mol. The van der Waals surface area contributed by atoms with E-state index in [1.54, 1.807) is 30.5 Å². The van der Waals surface area contributed by atoms with Crippen LogP contribution in [0.2, 0.25) is 0 Å². The number of anilines is 2. The minimum absolute atomic E-state index is 0.0955. The zero-order chi connectivity index (χ0) is 25.6. The number of hydrogen-bond acceptors (Lipinski definition) is 6. The number of nitrogens with one attached hydrogen (secondary N) is 2. The van der Waals surface area contributed by atoms with Crippen molar-refractivity contribution >= 4 is 34.3 Å². The second kappa shape index (κ2) is 9.59. The summed E-state index contributed by atoms with van der Waals surface area (Å²) in [5.41, 5.74) is 4.26. The van der Waals surface area contributed by atoms with Crippen LogP contribution >= 0.6 is 11.9 Å². The van der Waals surface area contributed by atoms with Gasteiger partial charge < -0.3 is 14.3 Å². The van der Waals surface area contributed by atoms with Gasteiger partial charge in [-0.05, 0) is 74.8 Å². The van der Waals surface area contributed by atoms with Crippen molar-refractivity contribution in [2.24, 2.45) is 0 Å². The van der Waals surface area contributed by atoms with Crippen LogP contribution in [0.3, 0.4) is 0 Å². The fourth-order valence-electron chi connectivity index (χ4n) is 4.68. The molecule has 36 heavy (non-hydrogen) atoms. The van der Waals surface area contributed by atoms with Crippen LogP contribution in [-0.2, 0) is 6.54 Å². The third kappa shape index (κ3) is 4.35. The minimum atomic E-state index is -0.568. The highest BCUT2D eigenvalue weighted by molar-refractivity contribution is 7.96.